The fourth-order valence-corrected chi connectivity index (χ4v) is 1.32. The van der Waals surface area contributed by atoms with Crippen LogP contribution in [0, 0.1) is 0 Å². The van der Waals surface area contributed by atoms with Crippen LogP contribution in [-0.4, -0.2) is 0 Å². The first-order chi connectivity index (χ1) is 7.85. The van der Waals surface area contributed by atoms with Crippen LogP contribution in [0.2, 0.25) is 0 Å². The van der Waals surface area contributed by atoms with Crippen LogP contribution >= 0.6 is 15.9 Å². The molecule has 0 fully saturated rings. The lowest BCUT2D eigenvalue weighted by Crippen LogP contribution is -2.05. The van der Waals surface area contributed by atoms with Crippen molar-refractivity contribution >= 4 is 15.9 Å². The predicted octanol–water partition coefficient (Wildman–Crippen LogP) is 4.03. The van der Waals surface area contributed by atoms with Gasteiger partial charge < -0.3 is 0 Å². The molecule has 0 heterocycles. The monoisotopic (exact) mass is 257 g/mol. The van der Waals surface area contributed by atoms with Crippen LogP contribution in [0.15, 0.2) is 22.7 Å². The molecule has 0 saturated heterocycles. The lowest BCUT2D eigenvalue weighted by molar-refractivity contribution is -0.137. The average molecular weight is 258 g/mol. The molecule has 1 rings (SSSR count). The molecule has 0 aliphatic carbocycles. The molecule has 72 valence electrons. The minimum atomic E-state index is -4.66. The molecule has 1 aromatic rings. The maximum Gasteiger partial charge on any atom is 0.416 e. The van der Waals surface area contributed by atoms with Gasteiger partial charge in [0.15, 0.2) is 0 Å². The number of halogens is 4. The van der Waals surface area contributed by atoms with Crippen LogP contribution in [0.25, 0.3) is 0 Å². The van der Waals surface area contributed by atoms with E-state index in [1.54, 1.807) is 0 Å². The van der Waals surface area contributed by atoms with Crippen LogP contribution in [-0.2, 0) is 12.5 Å². The molecule has 0 amide bonds. The summed E-state index contributed by atoms with van der Waals surface area (Å²) in [5.74, 6) is 0. The minimum absolute atomic E-state index is 0.0274. The van der Waals surface area contributed by atoms with E-state index in [2.05, 4.69) is 15.9 Å². The van der Waals surface area contributed by atoms with E-state index >= 15 is 0 Å². The first-order valence-corrected chi connectivity index (χ1v) is 4.03. The summed E-state index contributed by atoms with van der Waals surface area (Å²) < 4.78 is 73.6. The highest BCUT2D eigenvalue weighted by atomic mass is 79.9. The number of alkyl halides is 3. The van der Waals surface area contributed by atoms with Gasteiger partial charge in [0, 0.05) is 11.3 Å². The van der Waals surface area contributed by atoms with Crippen molar-refractivity contribution in [1.82, 2.24) is 0 Å². The van der Waals surface area contributed by atoms with E-state index in [1.807, 2.05) is 0 Å². The molecule has 0 aliphatic rings. The van der Waals surface area contributed by atoms with Gasteiger partial charge in [0.05, 0.1) is 5.56 Å². The van der Waals surface area contributed by atoms with Crippen molar-refractivity contribution in [3.63, 3.8) is 0 Å². The van der Waals surface area contributed by atoms with Gasteiger partial charge in [0.1, 0.15) is 0 Å². The topological polar surface area (TPSA) is 0 Å². The highest BCUT2D eigenvalue weighted by Crippen LogP contribution is 2.31. The maximum atomic E-state index is 12.5. The summed E-state index contributed by atoms with van der Waals surface area (Å²) >= 11 is 2.81. The quantitative estimate of drug-likeness (QED) is 0.713. The van der Waals surface area contributed by atoms with Crippen LogP contribution in [0.1, 0.15) is 24.8 Å². The van der Waals surface area contributed by atoms with Gasteiger partial charge in [0.25, 0.3) is 0 Å². The van der Waals surface area contributed by atoms with E-state index in [9.17, 15) is 13.2 Å². The average Bonchev–Trinajstić information content (AvgIpc) is 2.13. The zero-order valence-corrected chi connectivity index (χ0v) is 7.83. The van der Waals surface area contributed by atoms with E-state index in [0.717, 1.165) is 12.1 Å². The normalized spacial score (nSPS) is 19.5. The molecule has 13 heavy (non-hydrogen) atoms. The standard InChI is InChI=1S/C9H8BrF3/c1-2-6-3-7(9(11,12)13)5-8(10)4-6/h3-5H,2H2,1H3/i1D3,2D2. The Bertz CT molecular complexity index is 452. The van der Waals surface area contributed by atoms with Crippen LogP contribution in [0.5, 0.6) is 0 Å². The van der Waals surface area contributed by atoms with E-state index < -0.39 is 30.5 Å². The van der Waals surface area contributed by atoms with Gasteiger partial charge in [-0.05, 0) is 30.1 Å². The van der Waals surface area contributed by atoms with Gasteiger partial charge in [-0.25, -0.2) is 0 Å². The fourth-order valence-electron chi connectivity index (χ4n) is 0.825. The summed E-state index contributed by atoms with van der Waals surface area (Å²) in [4.78, 5) is 0. The Labute approximate surface area is 89.9 Å². The van der Waals surface area contributed by atoms with Crippen molar-refractivity contribution < 1.29 is 20.0 Å². The Morgan fingerprint density at radius 1 is 1.46 bits per heavy atom. The smallest absolute Gasteiger partial charge is 0.166 e. The Morgan fingerprint density at radius 2 is 2.15 bits per heavy atom. The van der Waals surface area contributed by atoms with Gasteiger partial charge in [0.2, 0.25) is 0 Å². The third-order valence-corrected chi connectivity index (χ3v) is 1.83. The molecule has 0 atom stereocenters. The number of hydrogen-bond donors (Lipinski definition) is 0. The van der Waals surface area contributed by atoms with E-state index in [1.165, 1.54) is 0 Å². The molecule has 0 N–H and O–H groups in total. The first kappa shape index (κ1) is 5.39. The van der Waals surface area contributed by atoms with Crippen LogP contribution < -0.4 is 0 Å². The maximum absolute atomic E-state index is 12.5. The van der Waals surface area contributed by atoms with Crippen molar-refractivity contribution in [2.75, 3.05) is 0 Å². The van der Waals surface area contributed by atoms with E-state index in [0.29, 0.717) is 6.07 Å². The number of rotatable bonds is 1. The Hall–Kier alpha value is -0.510. The molecular formula is C9H8BrF3. The zero-order chi connectivity index (χ0) is 14.4. The lowest BCUT2D eigenvalue weighted by atomic mass is 10.1. The SMILES string of the molecule is [2H]C([2H])([2H])C([2H])([2H])c1cc(Br)cc(C(F)(F)F)c1. The van der Waals surface area contributed by atoms with Gasteiger partial charge in [-0.2, -0.15) is 13.2 Å². The number of aryl methyl sites for hydroxylation is 1. The molecule has 0 spiro atoms. The number of hydrogen-bond acceptors (Lipinski definition) is 0. The summed E-state index contributed by atoms with van der Waals surface area (Å²) in [7, 11) is 0. The molecule has 1 aromatic carbocycles. The summed E-state index contributed by atoms with van der Waals surface area (Å²) in [5.41, 5.74) is -1.63. The summed E-state index contributed by atoms with van der Waals surface area (Å²) in [6, 6.07) is 2.30. The van der Waals surface area contributed by atoms with Gasteiger partial charge in [-0.1, -0.05) is 22.8 Å². The second-order valence-corrected chi connectivity index (χ2v) is 3.27. The van der Waals surface area contributed by atoms with Crippen molar-refractivity contribution in [1.29, 1.82) is 0 Å². The lowest BCUT2D eigenvalue weighted by Gasteiger charge is -2.08. The molecular weight excluding hydrogens is 245 g/mol. The summed E-state index contributed by atoms with van der Waals surface area (Å²) in [6.07, 6.45) is -7.51. The van der Waals surface area contributed by atoms with E-state index in [-0.39, 0.29) is 4.47 Å². The Kier molecular flexibility index (Phi) is 1.53. The van der Waals surface area contributed by atoms with Crippen molar-refractivity contribution in [3.05, 3.63) is 33.8 Å². The molecule has 0 aromatic heterocycles. The van der Waals surface area contributed by atoms with Gasteiger partial charge >= 0.3 is 6.18 Å². The fraction of sp³-hybridized carbons (Fsp3) is 0.333. The molecule has 0 radical (unpaired) electrons. The molecule has 0 aliphatic heterocycles. The Balaban J connectivity index is 3.40. The molecule has 4 heteroatoms. The van der Waals surface area contributed by atoms with Gasteiger partial charge in [-0.3, -0.25) is 0 Å². The second kappa shape index (κ2) is 3.70. The first-order valence-electron chi connectivity index (χ1n) is 5.74. The second-order valence-electron chi connectivity index (χ2n) is 2.35. The number of benzene rings is 1. The highest BCUT2D eigenvalue weighted by Gasteiger charge is 2.30. The minimum Gasteiger partial charge on any atom is -0.166 e. The third-order valence-electron chi connectivity index (χ3n) is 1.37. The van der Waals surface area contributed by atoms with Crippen LogP contribution in [0.4, 0.5) is 13.2 Å². The highest BCUT2D eigenvalue weighted by molar-refractivity contribution is 9.10. The zero-order valence-electron chi connectivity index (χ0n) is 11.2. The van der Waals surface area contributed by atoms with Gasteiger partial charge in [-0.15, -0.1) is 0 Å². The summed E-state index contributed by atoms with van der Waals surface area (Å²) in [6.45, 7) is -3.04. The predicted molar refractivity (Wildman–Crippen MR) is 48.5 cm³/mol. The Morgan fingerprint density at radius 3 is 2.69 bits per heavy atom. The third kappa shape index (κ3) is 2.72. The molecule has 0 nitrogen and oxygen atoms in total. The molecule has 0 bridgehead atoms. The molecule has 0 saturated carbocycles. The largest absolute Gasteiger partial charge is 0.416 e. The van der Waals surface area contributed by atoms with Crippen molar-refractivity contribution in [2.45, 2.75) is 19.4 Å². The molecule has 0 unspecified atom stereocenters. The van der Waals surface area contributed by atoms with Crippen LogP contribution in [0.3, 0.4) is 0 Å². The van der Waals surface area contributed by atoms with E-state index in [4.69, 9.17) is 6.85 Å². The van der Waals surface area contributed by atoms with Crippen molar-refractivity contribution in [2.24, 2.45) is 0 Å². The van der Waals surface area contributed by atoms with Crippen molar-refractivity contribution in [3.8, 4) is 0 Å². The summed E-state index contributed by atoms with van der Waals surface area (Å²) in [5, 5.41) is 0.